The predicted octanol–water partition coefficient (Wildman–Crippen LogP) is -0.192. The van der Waals surface area contributed by atoms with Crippen molar-refractivity contribution >= 4 is 11.6 Å². The van der Waals surface area contributed by atoms with Crippen molar-refractivity contribution in [1.29, 1.82) is 0 Å². The number of hydrogen-bond donors (Lipinski definition) is 2. The van der Waals surface area contributed by atoms with E-state index in [-0.39, 0.29) is 11.4 Å². The molecule has 0 aliphatic carbocycles. The van der Waals surface area contributed by atoms with Crippen LogP contribution in [0, 0.1) is 12.3 Å². The van der Waals surface area contributed by atoms with Gasteiger partial charge in [0.25, 0.3) is 0 Å². The molecule has 0 fully saturated rings. The highest BCUT2D eigenvalue weighted by atomic mass is 16.1. The average molecular weight is 135 g/mol. The van der Waals surface area contributed by atoms with Gasteiger partial charge < -0.3 is 5.73 Å². The molecule has 4 heteroatoms. The fourth-order valence-corrected chi connectivity index (χ4v) is 0.555. The number of anilines is 1. The van der Waals surface area contributed by atoms with Gasteiger partial charge in [0.2, 0.25) is 5.78 Å². The van der Waals surface area contributed by atoms with E-state index >= 15 is 0 Å². The van der Waals surface area contributed by atoms with Crippen molar-refractivity contribution in [2.24, 2.45) is 0 Å². The van der Waals surface area contributed by atoms with E-state index in [9.17, 15) is 4.79 Å². The summed E-state index contributed by atoms with van der Waals surface area (Å²) in [6, 6.07) is 0. The normalized spacial score (nSPS) is 8.70. The molecular weight excluding hydrogens is 130 g/mol. The second-order valence-corrected chi connectivity index (χ2v) is 1.67. The lowest BCUT2D eigenvalue weighted by Gasteiger charge is -1.86. The third kappa shape index (κ3) is 0.845. The molecule has 50 valence electrons. The number of rotatable bonds is 1. The molecule has 0 amide bonds. The molecule has 0 bridgehead atoms. The summed E-state index contributed by atoms with van der Waals surface area (Å²) in [6.45, 7) is 0. The van der Waals surface area contributed by atoms with Crippen LogP contribution in [0.15, 0.2) is 6.20 Å². The van der Waals surface area contributed by atoms with Crippen molar-refractivity contribution in [3.63, 3.8) is 0 Å². The molecular formula is C6H5N3O. The van der Waals surface area contributed by atoms with Gasteiger partial charge in [-0.2, -0.15) is 5.10 Å². The van der Waals surface area contributed by atoms with E-state index in [0.29, 0.717) is 0 Å². The number of carbonyl (C=O) groups is 1. The summed E-state index contributed by atoms with van der Waals surface area (Å²) in [7, 11) is 0. The van der Waals surface area contributed by atoms with Crippen LogP contribution < -0.4 is 5.73 Å². The van der Waals surface area contributed by atoms with Gasteiger partial charge in [-0.3, -0.25) is 9.89 Å². The minimum absolute atomic E-state index is 0.211. The van der Waals surface area contributed by atoms with Crippen LogP contribution in [-0.4, -0.2) is 16.0 Å². The number of carbonyl (C=O) groups excluding carboxylic acids is 1. The van der Waals surface area contributed by atoms with Gasteiger partial charge in [0.15, 0.2) is 0 Å². The van der Waals surface area contributed by atoms with Gasteiger partial charge >= 0.3 is 0 Å². The van der Waals surface area contributed by atoms with E-state index in [1.54, 1.807) is 0 Å². The zero-order chi connectivity index (χ0) is 7.56. The first kappa shape index (κ1) is 6.36. The molecule has 4 nitrogen and oxygen atoms in total. The first-order valence-electron chi connectivity index (χ1n) is 2.55. The molecule has 0 radical (unpaired) electrons. The molecule has 0 aromatic carbocycles. The van der Waals surface area contributed by atoms with Gasteiger partial charge in [-0.15, -0.1) is 6.42 Å². The molecule has 3 N–H and O–H groups in total. The van der Waals surface area contributed by atoms with Crippen molar-refractivity contribution in [2.45, 2.75) is 0 Å². The third-order valence-electron chi connectivity index (χ3n) is 1.04. The van der Waals surface area contributed by atoms with Crippen LogP contribution in [0.4, 0.5) is 5.82 Å². The Balaban J connectivity index is 3.08. The summed E-state index contributed by atoms with van der Waals surface area (Å²) in [5, 5.41) is 5.92. The summed E-state index contributed by atoms with van der Waals surface area (Å²) < 4.78 is 0. The molecule has 1 aromatic heterocycles. The topological polar surface area (TPSA) is 71.8 Å². The fraction of sp³-hybridized carbons (Fsp3) is 0. The maximum Gasteiger partial charge on any atom is 0.240 e. The quantitative estimate of drug-likeness (QED) is 0.318. The number of nitrogens with two attached hydrogens (primary N) is 1. The maximum atomic E-state index is 10.7. The van der Waals surface area contributed by atoms with Crippen LogP contribution in [0.25, 0.3) is 0 Å². The highest BCUT2D eigenvalue weighted by Crippen LogP contribution is 2.05. The van der Waals surface area contributed by atoms with Gasteiger partial charge in [-0.05, 0) is 5.92 Å². The van der Waals surface area contributed by atoms with Gasteiger partial charge in [0, 0.05) is 0 Å². The van der Waals surface area contributed by atoms with E-state index < -0.39 is 5.78 Å². The lowest BCUT2D eigenvalue weighted by molar-refractivity contribution is 0.105. The smallest absolute Gasteiger partial charge is 0.240 e. The first-order valence-corrected chi connectivity index (χ1v) is 2.55. The van der Waals surface area contributed by atoms with E-state index in [2.05, 4.69) is 10.2 Å². The second kappa shape index (κ2) is 2.23. The number of aromatic amines is 1. The van der Waals surface area contributed by atoms with Crippen LogP contribution in [-0.2, 0) is 0 Å². The monoisotopic (exact) mass is 135 g/mol. The van der Waals surface area contributed by atoms with E-state index in [1.807, 2.05) is 5.92 Å². The zero-order valence-electron chi connectivity index (χ0n) is 5.09. The molecule has 0 spiro atoms. The molecule has 0 saturated carbocycles. The van der Waals surface area contributed by atoms with E-state index in [4.69, 9.17) is 12.2 Å². The number of hydrogen-bond acceptors (Lipinski definition) is 3. The van der Waals surface area contributed by atoms with Crippen molar-refractivity contribution in [1.82, 2.24) is 10.2 Å². The number of H-pyrrole nitrogens is 1. The Morgan fingerprint density at radius 3 is 3.00 bits per heavy atom. The Bertz CT molecular complexity index is 294. The number of ketones is 1. The summed E-state index contributed by atoms with van der Waals surface area (Å²) in [5.74, 6) is 1.69. The minimum atomic E-state index is -0.453. The maximum absolute atomic E-state index is 10.7. The standard InChI is InChI=1S/C6H5N3O/c1-2-5(10)4-3-8-9-6(4)7/h1,3H,(H3,7,8,9). The SMILES string of the molecule is C#CC(=O)c1cn[nH]c1N. The van der Waals surface area contributed by atoms with Crippen molar-refractivity contribution in [3.8, 4) is 12.3 Å². The summed E-state index contributed by atoms with van der Waals surface area (Å²) in [5.41, 5.74) is 5.53. The molecule has 0 aliphatic heterocycles. The summed E-state index contributed by atoms with van der Waals surface area (Å²) >= 11 is 0. The lowest BCUT2D eigenvalue weighted by atomic mass is 10.2. The summed E-state index contributed by atoms with van der Waals surface area (Å²) in [4.78, 5) is 10.7. The van der Waals surface area contributed by atoms with Crippen LogP contribution >= 0.6 is 0 Å². The predicted molar refractivity (Wildman–Crippen MR) is 36.2 cm³/mol. The molecule has 1 rings (SSSR count). The summed E-state index contributed by atoms with van der Waals surface area (Å²) in [6.07, 6.45) is 6.14. The minimum Gasteiger partial charge on any atom is -0.383 e. The zero-order valence-corrected chi connectivity index (χ0v) is 5.09. The average Bonchev–Trinajstić information content (AvgIpc) is 2.34. The van der Waals surface area contributed by atoms with E-state index in [0.717, 1.165) is 0 Å². The molecule has 1 heterocycles. The van der Waals surface area contributed by atoms with Gasteiger partial charge in [0.1, 0.15) is 5.82 Å². The molecule has 0 unspecified atom stereocenters. The Morgan fingerprint density at radius 1 is 1.90 bits per heavy atom. The number of aromatic nitrogens is 2. The molecule has 10 heavy (non-hydrogen) atoms. The van der Waals surface area contributed by atoms with Gasteiger partial charge in [-0.1, -0.05) is 0 Å². The molecule has 0 saturated heterocycles. The first-order chi connectivity index (χ1) is 4.75. The third-order valence-corrected chi connectivity index (χ3v) is 1.04. The van der Waals surface area contributed by atoms with Crippen molar-refractivity contribution in [3.05, 3.63) is 11.8 Å². The Morgan fingerprint density at radius 2 is 2.60 bits per heavy atom. The number of Topliss-reactive ketones (excluding diaryl/α,β-unsaturated/α-hetero) is 1. The number of nitrogens with zero attached hydrogens (tertiary/aromatic N) is 1. The lowest BCUT2D eigenvalue weighted by Crippen LogP contribution is -1.97. The van der Waals surface area contributed by atoms with Crippen LogP contribution in [0.3, 0.4) is 0 Å². The number of nitrogens with one attached hydrogen (secondary N) is 1. The van der Waals surface area contributed by atoms with Gasteiger partial charge in [0.05, 0.1) is 11.8 Å². The van der Waals surface area contributed by atoms with Crippen LogP contribution in [0.5, 0.6) is 0 Å². The van der Waals surface area contributed by atoms with Gasteiger partial charge in [-0.25, -0.2) is 0 Å². The second-order valence-electron chi connectivity index (χ2n) is 1.67. The molecule has 0 atom stereocenters. The number of nitrogen functional groups attached to an aromatic ring is 1. The van der Waals surface area contributed by atoms with E-state index in [1.165, 1.54) is 6.20 Å². The molecule has 1 aromatic rings. The largest absolute Gasteiger partial charge is 0.383 e. The molecule has 0 aliphatic rings. The van der Waals surface area contributed by atoms with Crippen molar-refractivity contribution in [2.75, 3.05) is 5.73 Å². The number of terminal acetylenes is 1. The highest BCUT2D eigenvalue weighted by molar-refractivity contribution is 6.11. The van der Waals surface area contributed by atoms with Crippen LogP contribution in [0.1, 0.15) is 10.4 Å². The van der Waals surface area contributed by atoms with Crippen LogP contribution in [0.2, 0.25) is 0 Å². The fourth-order valence-electron chi connectivity index (χ4n) is 0.555. The highest BCUT2D eigenvalue weighted by Gasteiger charge is 2.07. The Labute approximate surface area is 57.4 Å². The Kier molecular flexibility index (Phi) is 1.42. The Hall–Kier alpha value is -1.76. The van der Waals surface area contributed by atoms with Crippen molar-refractivity contribution < 1.29 is 4.79 Å².